The van der Waals surface area contributed by atoms with Crippen molar-refractivity contribution in [2.45, 2.75) is 5.92 Å². The van der Waals surface area contributed by atoms with Crippen LogP contribution in [0.2, 0.25) is 0 Å². The number of pyridine rings is 1. The average Bonchev–Trinajstić information content (AvgIpc) is 2.67. The number of aliphatic hydroxyl groups is 1. The lowest BCUT2D eigenvalue weighted by Gasteiger charge is -2.15. The lowest BCUT2D eigenvalue weighted by molar-refractivity contribution is 0.226. The van der Waals surface area contributed by atoms with Crippen LogP contribution in [0, 0.1) is 5.92 Å². The van der Waals surface area contributed by atoms with Crippen LogP contribution in [0.1, 0.15) is 11.5 Å². The van der Waals surface area contributed by atoms with Crippen LogP contribution < -0.4 is 5.32 Å². The van der Waals surface area contributed by atoms with Gasteiger partial charge < -0.3 is 10.4 Å². The van der Waals surface area contributed by atoms with Crippen LogP contribution in [0.3, 0.4) is 0 Å². The summed E-state index contributed by atoms with van der Waals surface area (Å²) in [4.78, 5) is 3.98. The Morgan fingerprint density at radius 3 is 2.85 bits per heavy atom. The molecule has 1 aliphatic rings. The molecule has 0 amide bonds. The van der Waals surface area contributed by atoms with Crippen molar-refractivity contribution in [3.8, 4) is 0 Å². The zero-order valence-corrected chi connectivity index (χ0v) is 7.48. The topological polar surface area (TPSA) is 45.1 Å². The molecule has 3 nitrogen and oxygen atoms in total. The minimum atomic E-state index is 0.264. The van der Waals surface area contributed by atoms with Gasteiger partial charge in [0, 0.05) is 43.9 Å². The van der Waals surface area contributed by atoms with Gasteiger partial charge in [0.25, 0.3) is 0 Å². The summed E-state index contributed by atoms with van der Waals surface area (Å²) in [5.41, 5.74) is 1.28. The molecule has 0 aliphatic carbocycles. The summed E-state index contributed by atoms with van der Waals surface area (Å²) in [6.07, 6.45) is 3.62. The first-order chi connectivity index (χ1) is 6.42. The van der Waals surface area contributed by atoms with Crippen LogP contribution in [-0.2, 0) is 0 Å². The second kappa shape index (κ2) is 3.85. The van der Waals surface area contributed by atoms with Gasteiger partial charge in [-0.2, -0.15) is 0 Å². The van der Waals surface area contributed by atoms with E-state index in [2.05, 4.69) is 10.3 Å². The molecule has 0 saturated carbocycles. The van der Waals surface area contributed by atoms with Gasteiger partial charge in [-0.05, 0) is 17.7 Å². The van der Waals surface area contributed by atoms with Crippen LogP contribution in [0.5, 0.6) is 0 Å². The predicted molar refractivity (Wildman–Crippen MR) is 50.4 cm³/mol. The summed E-state index contributed by atoms with van der Waals surface area (Å²) in [6, 6.07) is 4.06. The van der Waals surface area contributed by atoms with Crippen molar-refractivity contribution in [2.24, 2.45) is 5.92 Å². The minimum Gasteiger partial charge on any atom is -0.396 e. The van der Waals surface area contributed by atoms with E-state index in [1.54, 1.807) is 0 Å². The van der Waals surface area contributed by atoms with Crippen LogP contribution in [0.25, 0.3) is 0 Å². The highest BCUT2D eigenvalue weighted by atomic mass is 16.3. The third-order valence-electron chi connectivity index (χ3n) is 2.71. The first kappa shape index (κ1) is 8.66. The van der Waals surface area contributed by atoms with Crippen LogP contribution in [-0.4, -0.2) is 29.8 Å². The van der Waals surface area contributed by atoms with Gasteiger partial charge in [0.1, 0.15) is 0 Å². The monoisotopic (exact) mass is 178 g/mol. The third-order valence-corrected chi connectivity index (χ3v) is 2.71. The van der Waals surface area contributed by atoms with E-state index in [1.165, 1.54) is 5.56 Å². The summed E-state index contributed by atoms with van der Waals surface area (Å²) >= 11 is 0. The molecule has 1 aliphatic heterocycles. The van der Waals surface area contributed by atoms with E-state index in [1.807, 2.05) is 24.5 Å². The van der Waals surface area contributed by atoms with Gasteiger partial charge in [-0.15, -0.1) is 0 Å². The van der Waals surface area contributed by atoms with Gasteiger partial charge in [0.15, 0.2) is 0 Å². The van der Waals surface area contributed by atoms with Gasteiger partial charge in [-0.3, -0.25) is 4.98 Å². The van der Waals surface area contributed by atoms with Crippen LogP contribution >= 0.6 is 0 Å². The fraction of sp³-hybridized carbons (Fsp3) is 0.500. The molecule has 70 valence electrons. The number of aromatic nitrogens is 1. The molecular formula is C10H14N2O. The maximum absolute atomic E-state index is 9.14. The third kappa shape index (κ3) is 1.71. The number of nitrogens with one attached hydrogen (secondary N) is 1. The van der Waals surface area contributed by atoms with Gasteiger partial charge in [0.05, 0.1) is 0 Å². The molecule has 2 unspecified atom stereocenters. The quantitative estimate of drug-likeness (QED) is 0.688. The van der Waals surface area contributed by atoms with Crippen LogP contribution in [0.15, 0.2) is 24.5 Å². The highest BCUT2D eigenvalue weighted by Crippen LogP contribution is 2.26. The molecule has 0 spiro atoms. The van der Waals surface area contributed by atoms with Crippen molar-refractivity contribution in [2.75, 3.05) is 19.7 Å². The van der Waals surface area contributed by atoms with Crippen molar-refractivity contribution in [1.82, 2.24) is 10.3 Å². The zero-order chi connectivity index (χ0) is 9.10. The summed E-state index contributed by atoms with van der Waals surface area (Å²) in [6.45, 7) is 2.15. The van der Waals surface area contributed by atoms with Gasteiger partial charge in [-0.25, -0.2) is 0 Å². The smallest absolute Gasteiger partial charge is 0.0477 e. The fourth-order valence-electron chi connectivity index (χ4n) is 1.93. The second-order valence-corrected chi connectivity index (χ2v) is 3.49. The Morgan fingerprint density at radius 2 is 2.15 bits per heavy atom. The largest absolute Gasteiger partial charge is 0.396 e. The lowest BCUT2D eigenvalue weighted by atomic mass is 9.90. The highest BCUT2D eigenvalue weighted by molar-refractivity contribution is 5.19. The molecule has 1 fully saturated rings. The molecule has 2 rings (SSSR count). The molecule has 2 atom stereocenters. The van der Waals surface area contributed by atoms with E-state index in [4.69, 9.17) is 5.11 Å². The van der Waals surface area contributed by atoms with E-state index in [9.17, 15) is 0 Å². The average molecular weight is 178 g/mol. The van der Waals surface area contributed by atoms with E-state index >= 15 is 0 Å². The lowest BCUT2D eigenvalue weighted by Crippen LogP contribution is -2.14. The standard InChI is InChI=1S/C10H14N2O/c13-7-9-5-12-6-10(9)8-1-3-11-4-2-8/h1-4,9-10,12-13H,5-7H2. The van der Waals surface area contributed by atoms with Gasteiger partial charge >= 0.3 is 0 Å². The summed E-state index contributed by atoms with van der Waals surface area (Å²) < 4.78 is 0. The van der Waals surface area contributed by atoms with Crippen molar-refractivity contribution < 1.29 is 5.11 Å². The Morgan fingerprint density at radius 1 is 1.38 bits per heavy atom. The summed E-state index contributed by atoms with van der Waals surface area (Å²) in [7, 11) is 0. The second-order valence-electron chi connectivity index (χ2n) is 3.49. The Hall–Kier alpha value is -0.930. The highest BCUT2D eigenvalue weighted by Gasteiger charge is 2.27. The van der Waals surface area contributed by atoms with Gasteiger partial charge in [-0.1, -0.05) is 0 Å². The maximum Gasteiger partial charge on any atom is 0.0477 e. The molecule has 3 heteroatoms. The Kier molecular flexibility index (Phi) is 2.57. The molecule has 0 aromatic carbocycles. The number of hydrogen-bond acceptors (Lipinski definition) is 3. The Bertz CT molecular complexity index is 263. The SMILES string of the molecule is OCC1CNCC1c1ccncc1. The molecular weight excluding hydrogens is 164 g/mol. The predicted octanol–water partition coefficient (Wildman–Crippen LogP) is 0.377. The van der Waals surface area contributed by atoms with E-state index in [0.29, 0.717) is 11.8 Å². The Balaban J connectivity index is 2.16. The molecule has 2 heterocycles. The molecule has 2 N–H and O–H groups in total. The molecule has 1 aromatic heterocycles. The van der Waals surface area contributed by atoms with Crippen molar-refractivity contribution in [1.29, 1.82) is 0 Å². The molecule has 1 saturated heterocycles. The normalized spacial score (nSPS) is 27.8. The van der Waals surface area contributed by atoms with Crippen molar-refractivity contribution in [3.63, 3.8) is 0 Å². The van der Waals surface area contributed by atoms with Gasteiger partial charge in [0.2, 0.25) is 0 Å². The molecule has 13 heavy (non-hydrogen) atoms. The first-order valence-corrected chi connectivity index (χ1v) is 4.63. The first-order valence-electron chi connectivity index (χ1n) is 4.63. The molecule has 0 bridgehead atoms. The van der Waals surface area contributed by atoms with Crippen molar-refractivity contribution in [3.05, 3.63) is 30.1 Å². The number of aliphatic hydroxyl groups excluding tert-OH is 1. The number of rotatable bonds is 2. The van der Waals surface area contributed by atoms with E-state index < -0.39 is 0 Å². The fourth-order valence-corrected chi connectivity index (χ4v) is 1.93. The van der Waals surface area contributed by atoms with Crippen molar-refractivity contribution >= 4 is 0 Å². The minimum absolute atomic E-state index is 0.264. The summed E-state index contributed by atoms with van der Waals surface area (Å²) in [5, 5.41) is 12.4. The molecule has 0 radical (unpaired) electrons. The Labute approximate surface area is 77.8 Å². The number of nitrogens with zero attached hydrogens (tertiary/aromatic N) is 1. The number of hydrogen-bond donors (Lipinski definition) is 2. The molecule has 1 aromatic rings. The van der Waals surface area contributed by atoms with E-state index in [-0.39, 0.29) is 6.61 Å². The zero-order valence-electron chi connectivity index (χ0n) is 7.48. The van der Waals surface area contributed by atoms with E-state index in [0.717, 1.165) is 13.1 Å². The summed E-state index contributed by atoms with van der Waals surface area (Å²) in [5.74, 6) is 0.815. The van der Waals surface area contributed by atoms with Crippen LogP contribution in [0.4, 0.5) is 0 Å². The maximum atomic E-state index is 9.14.